The fourth-order valence-electron chi connectivity index (χ4n) is 1.58. The monoisotopic (exact) mass is 290 g/mol. The van der Waals surface area contributed by atoms with E-state index >= 15 is 0 Å². The first kappa shape index (κ1) is 15.3. The molecule has 0 aromatic heterocycles. The van der Waals surface area contributed by atoms with Crippen LogP contribution in [0.3, 0.4) is 0 Å². The summed E-state index contributed by atoms with van der Waals surface area (Å²) in [5.74, 6) is 0. The van der Waals surface area contributed by atoms with E-state index in [2.05, 4.69) is 4.72 Å². The fourth-order valence-corrected chi connectivity index (χ4v) is 3.81. The van der Waals surface area contributed by atoms with Crippen molar-refractivity contribution in [1.82, 2.24) is 4.72 Å². The van der Waals surface area contributed by atoms with Gasteiger partial charge in [0, 0.05) is 5.54 Å². The lowest BCUT2D eigenvalue weighted by molar-refractivity contribution is 0.389. The van der Waals surface area contributed by atoms with Crippen LogP contribution in [-0.4, -0.2) is 14.0 Å². The molecule has 4 nitrogen and oxygen atoms in total. The third-order valence-corrected chi connectivity index (χ3v) is 5.39. The lowest BCUT2D eigenvalue weighted by Crippen LogP contribution is -2.45. The molecule has 0 radical (unpaired) electrons. The molecule has 102 valence electrons. The van der Waals surface area contributed by atoms with Crippen LogP contribution < -0.4 is 10.5 Å². The maximum atomic E-state index is 12.3. The summed E-state index contributed by atoms with van der Waals surface area (Å²) in [7, 11) is -3.71. The Morgan fingerprint density at radius 2 is 1.89 bits per heavy atom. The molecule has 0 saturated heterocycles. The van der Waals surface area contributed by atoms with E-state index in [1.165, 1.54) is 12.1 Å². The molecule has 1 aromatic rings. The average Bonchev–Trinajstić information content (AvgIpc) is 2.27. The molecule has 0 unspecified atom stereocenters. The van der Waals surface area contributed by atoms with E-state index in [0.29, 0.717) is 12.8 Å². The highest BCUT2D eigenvalue weighted by Crippen LogP contribution is 2.29. The maximum absolute atomic E-state index is 12.3. The molecular formula is C12H19ClN2O2S. The molecule has 6 heteroatoms. The number of hydrogen-bond acceptors (Lipinski definition) is 3. The molecule has 1 aromatic carbocycles. The molecule has 0 aliphatic carbocycles. The normalized spacial score (nSPS) is 12.7. The fraction of sp³-hybridized carbons (Fsp3) is 0.500. The molecule has 1 rings (SSSR count). The number of nitrogen functional groups attached to an aromatic ring is 1. The summed E-state index contributed by atoms with van der Waals surface area (Å²) in [5, 5.41) is 0.136. The van der Waals surface area contributed by atoms with E-state index in [0.717, 1.165) is 0 Å². The number of anilines is 1. The van der Waals surface area contributed by atoms with E-state index in [9.17, 15) is 8.42 Å². The second kappa shape index (κ2) is 5.47. The molecular weight excluding hydrogens is 272 g/mol. The quantitative estimate of drug-likeness (QED) is 0.819. The van der Waals surface area contributed by atoms with Crippen molar-refractivity contribution >= 4 is 27.3 Å². The van der Waals surface area contributed by atoms with Crippen LogP contribution in [0.25, 0.3) is 0 Å². The Hall–Kier alpha value is -0.780. The van der Waals surface area contributed by atoms with Crippen molar-refractivity contribution in [2.75, 3.05) is 5.73 Å². The van der Waals surface area contributed by atoms with Gasteiger partial charge in [-0.3, -0.25) is 0 Å². The predicted molar refractivity (Wildman–Crippen MR) is 75.2 cm³/mol. The Balaban J connectivity index is 3.23. The smallest absolute Gasteiger partial charge is 0.244 e. The van der Waals surface area contributed by atoms with Gasteiger partial charge in [0.2, 0.25) is 10.0 Å². The number of rotatable bonds is 5. The SMILES string of the molecule is CCC(C)(CC)NS(=O)(=O)c1c(N)cccc1Cl. The summed E-state index contributed by atoms with van der Waals surface area (Å²) in [5.41, 5.74) is 5.37. The zero-order valence-electron chi connectivity index (χ0n) is 10.8. The minimum absolute atomic E-state index is 0.0419. The van der Waals surface area contributed by atoms with Crippen molar-refractivity contribution in [3.8, 4) is 0 Å². The van der Waals surface area contributed by atoms with E-state index in [-0.39, 0.29) is 15.6 Å². The number of nitrogens with one attached hydrogen (secondary N) is 1. The Kier molecular flexibility index (Phi) is 4.64. The summed E-state index contributed by atoms with van der Waals surface area (Å²) in [4.78, 5) is -0.0419. The summed E-state index contributed by atoms with van der Waals surface area (Å²) in [6, 6.07) is 4.66. The van der Waals surface area contributed by atoms with Gasteiger partial charge in [-0.2, -0.15) is 0 Å². The van der Waals surface area contributed by atoms with E-state index < -0.39 is 15.6 Å². The first-order valence-corrected chi connectivity index (χ1v) is 7.70. The molecule has 0 saturated carbocycles. The van der Waals surface area contributed by atoms with Crippen molar-refractivity contribution in [2.24, 2.45) is 0 Å². The topological polar surface area (TPSA) is 72.2 Å². The van der Waals surface area contributed by atoms with Gasteiger partial charge < -0.3 is 5.73 Å². The van der Waals surface area contributed by atoms with Crippen molar-refractivity contribution in [3.63, 3.8) is 0 Å². The Morgan fingerprint density at radius 3 is 2.33 bits per heavy atom. The maximum Gasteiger partial charge on any atom is 0.244 e. The van der Waals surface area contributed by atoms with Gasteiger partial charge in [-0.1, -0.05) is 31.5 Å². The molecule has 0 aliphatic heterocycles. The minimum atomic E-state index is -3.71. The third-order valence-electron chi connectivity index (χ3n) is 3.21. The molecule has 0 aliphatic rings. The number of nitrogens with two attached hydrogens (primary N) is 1. The summed E-state index contributed by atoms with van der Waals surface area (Å²) in [6.45, 7) is 5.72. The molecule has 0 spiro atoms. The first-order valence-electron chi connectivity index (χ1n) is 5.83. The first-order chi connectivity index (χ1) is 8.25. The standard InChI is InChI=1S/C12H19ClN2O2S/c1-4-12(3,5-2)15-18(16,17)11-9(13)7-6-8-10(11)14/h6-8,15H,4-5,14H2,1-3H3. The summed E-state index contributed by atoms with van der Waals surface area (Å²) >= 11 is 5.93. The van der Waals surface area contributed by atoms with Crippen LogP contribution in [0.2, 0.25) is 5.02 Å². The summed E-state index contributed by atoms with van der Waals surface area (Å²) in [6.07, 6.45) is 1.38. The van der Waals surface area contributed by atoms with Crippen LogP contribution in [0.1, 0.15) is 33.6 Å². The third kappa shape index (κ3) is 3.16. The van der Waals surface area contributed by atoms with Crippen LogP contribution in [0.5, 0.6) is 0 Å². The zero-order chi connectivity index (χ0) is 14.0. The van der Waals surface area contributed by atoms with Crippen LogP contribution in [-0.2, 0) is 10.0 Å². The molecule has 0 bridgehead atoms. The van der Waals surface area contributed by atoms with Crippen LogP contribution in [0, 0.1) is 0 Å². The second-order valence-electron chi connectivity index (χ2n) is 4.53. The molecule has 18 heavy (non-hydrogen) atoms. The van der Waals surface area contributed by atoms with Crippen LogP contribution in [0.15, 0.2) is 23.1 Å². The predicted octanol–water partition coefficient (Wildman–Crippen LogP) is 2.78. The van der Waals surface area contributed by atoms with E-state index in [4.69, 9.17) is 17.3 Å². The van der Waals surface area contributed by atoms with Gasteiger partial charge >= 0.3 is 0 Å². The van der Waals surface area contributed by atoms with Crippen LogP contribution >= 0.6 is 11.6 Å². The summed E-state index contributed by atoms with van der Waals surface area (Å²) < 4.78 is 27.3. The van der Waals surface area contributed by atoms with Gasteiger partial charge in [-0.05, 0) is 31.9 Å². The zero-order valence-corrected chi connectivity index (χ0v) is 12.4. The lowest BCUT2D eigenvalue weighted by Gasteiger charge is -2.28. The highest BCUT2D eigenvalue weighted by Gasteiger charge is 2.30. The highest BCUT2D eigenvalue weighted by atomic mass is 35.5. The molecule has 3 N–H and O–H groups in total. The van der Waals surface area contributed by atoms with Crippen molar-refractivity contribution in [2.45, 2.75) is 44.0 Å². The number of benzene rings is 1. The van der Waals surface area contributed by atoms with Crippen molar-refractivity contribution in [1.29, 1.82) is 0 Å². The van der Waals surface area contributed by atoms with Crippen LogP contribution in [0.4, 0.5) is 5.69 Å². The molecule has 0 heterocycles. The van der Waals surface area contributed by atoms with Gasteiger partial charge in [0.1, 0.15) is 4.90 Å². The Morgan fingerprint density at radius 1 is 1.33 bits per heavy atom. The molecule has 0 atom stereocenters. The van der Waals surface area contributed by atoms with Crippen molar-refractivity contribution < 1.29 is 8.42 Å². The largest absolute Gasteiger partial charge is 0.398 e. The van der Waals surface area contributed by atoms with Gasteiger partial charge in [0.05, 0.1) is 10.7 Å². The minimum Gasteiger partial charge on any atom is -0.398 e. The number of halogens is 1. The van der Waals surface area contributed by atoms with Gasteiger partial charge in [0.15, 0.2) is 0 Å². The number of hydrogen-bond donors (Lipinski definition) is 2. The Bertz CT molecular complexity index is 505. The average molecular weight is 291 g/mol. The van der Waals surface area contributed by atoms with E-state index in [1.807, 2.05) is 20.8 Å². The molecule has 0 amide bonds. The second-order valence-corrected chi connectivity index (χ2v) is 6.56. The van der Waals surface area contributed by atoms with Gasteiger partial charge in [0.25, 0.3) is 0 Å². The number of sulfonamides is 1. The highest BCUT2D eigenvalue weighted by molar-refractivity contribution is 7.89. The van der Waals surface area contributed by atoms with E-state index in [1.54, 1.807) is 6.07 Å². The van der Waals surface area contributed by atoms with Gasteiger partial charge in [-0.25, -0.2) is 13.1 Å². The van der Waals surface area contributed by atoms with Crippen molar-refractivity contribution in [3.05, 3.63) is 23.2 Å². The Labute approximate surface area is 114 Å². The lowest BCUT2D eigenvalue weighted by atomic mass is 9.98. The van der Waals surface area contributed by atoms with Gasteiger partial charge in [-0.15, -0.1) is 0 Å². The molecule has 0 fully saturated rings.